The molecule has 2 aromatic carbocycles. The second-order valence-corrected chi connectivity index (χ2v) is 8.15. The lowest BCUT2D eigenvalue weighted by molar-refractivity contribution is -0.136. The van der Waals surface area contributed by atoms with Crippen molar-refractivity contribution >= 4 is 34.4 Å². The van der Waals surface area contributed by atoms with Gasteiger partial charge in [0.1, 0.15) is 5.82 Å². The van der Waals surface area contributed by atoms with Crippen molar-refractivity contribution in [2.75, 3.05) is 7.05 Å². The molecule has 1 unspecified atom stereocenters. The van der Waals surface area contributed by atoms with Crippen molar-refractivity contribution in [2.45, 2.75) is 38.3 Å². The van der Waals surface area contributed by atoms with Crippen molar-refractivity contribution < 1.29 is 19.1 Å². The zero-order valence-corrected chi connectivity index (χ0v) is 17.3. The molecule has 1 aliphatic rings. The third-order valence-corrected chi connectivity index (χ3v) is 6.20. The third kappa shape index (κ3) is 3.79. The predicted molar refractivity (Wildman–Crippen MR) is 113 cm³/mol. The smallest absolute Gasteiger partial charge is 0.307 e. The molecule has 1 N–H and O–H groups in total. The van der Waals surface area contributed by atoms with E-state index in [9.17, 15) is 19.1 Å². The normalized spacial score (nSPS) is 15.8. The summed E-state index contributed by atoms with van der Waals surface area (Å²) in [6, 6.07) is 12.1. The van der Waals surface area contributed by atoms with E-state index < -0.39 is 11.8 Å². The number of fused-ring (bicyclic) bond motifs is 3. The van der Waals surface area contributed by atoms with Crippen LogP contribution in [0.5, 0.6) is 0 Å². The summed E-state index contributed by atoms with van der Waals surface area (Å²) in [5.74, 6) is -1.41. The van der Waals surface area contributed by atoms with Gasteiger partial charge in [0.2, 0.25) is 5.91 Å². The van der Waals surface area contributed by atoms with Crippen molar-refractivity contribution in [1.82, 2.24) is 9.47 Å². The fourth-order valence-corrected chi connectivity index (χ4v) is 4.55. The molecule has 0 saturated heterocycles. The van der Waals surface area contributed by atoms with Gasteiger partial charge in [-0.1, -0.05) is 35.9 Å². The highest BCUT2D eigenvalue weighted by Gasteiger charge is 2.29. The second kappa shape index (κ2) is 8.11. The van der Waals surface area contributed by atoms with Crippen LogP contribution in [0.15, 0.2) is 42.5 Å². The Morgan fingerprint density at radius 1 is 1.23 bits per heavy atom. The van der Waals surface area contributed by atoms with Crippen molar-refractivity contribution in [3.05, 3.63) is 70.1 Å². The summed E-state index contributed by atoms with van der Waals surface area (Å²) in [6.45, 7) is 0.613. The van der Waals surface area contributed by atoms with E-state index in [1.54, 1.807) is 18.0 Å². The van der Waals surface area contributed by atoms with Crippen molar-refractivity contribution in [2.24, 2.45) is 0 Å². The van der Waals surface area contributed by atoms with Crippen molar-refractivity contribution in [3.8, 4) is 0 Å². The lowest BCUT2D eigenvalue weighted by atomic mass is 9.99. The third-order valence-electron chi connectivity index (χ3n) is 5.91. The van der Waals surface area contributed by atoms with E-state index in [0.717, 1.165) is 28.6 Å². The zero-order valence-electron chi connectivity index (χ0n) is 16.6. The van der Waals surface area contributed by atoms with Crippen LogP contribution in [-0.2, 0) is 35.4 Å². The average molecular weight is 429 g/mol. The van der Waals surface area contributed by atoms with E-state index in [1.807, 2.05) is 24.3 Å². The first-order valence-electron chi connectivity index (χ1n) is 9.85. The average Bonchev–Trinajstić information content (AvgIpc) is 3.03. The molecule has 7 heteroatoms. The number of aliphatic carboxylic acids is 1. The Morgan fingerprint density at radius 2 is 2.00 bits per heavy atom. The molecule has 1 aliphatic heterocycles. The summed E-state index contributed by atoms with van der Waals surface area (Å²) >= 11 is 5.83. The number of carbonyl (C=O) groups is 2. The van der Waals surface area contributed by atoms with Gasteiger partial charge in [0, 0.05) is 36.2 Å². The van der Waals surface area contributed by atoms with Crippen LogP contribution < -0.4 is 0 Å². The van der Waals surface area contributed by atoms with Crippen LogP contribution in [0.2, 0.25) is 5.02 Å². The molecule has 2 heterocycles. The van der Waals surface area contributed by atoms with E-state index in [1.165, 1.54) is 12.1 Å². The minimum absolute atomic E-state index is 0.00518. The Labute approximate surface area is 178 Å². The summed E-state index contributed by atoms with van der Waals surface area (Å²) in [4.78, 5) is 26.0. The molecule has 3 aromatic rings. The highest BCUT2D eigenvalue weighted by molar-refractivity contribution is 6.30. The maximum Gasteiger partial charge on any atom is 0.307 e. The van der Waals surface area contributed by atoms with E-state index in [2.05, 4.69) is 4.57 Å². The number of hydrogen-bond donors (Lipinski definition) is 1. The molecule has 4 rings (SSSR count). The van der Waals surface area contributed by atoms with Gasteiger partial charge in [-0.2, -0.15) is 0 Å². The van der Waals surface area contributed by atoms with Crippen molar-refractivity contribution in [3.63, 3.8) is 0 Å². The van der Waals surface area contributed by atoms with Crippen LogP contribution in [0.25, 0.3) is 10.9 Å². The SMILES string of the molecule is CN(C(=O)Cc1ccc(F)c(Cl)c1)C1CCc2c(CC(=O)O)c3ccccc3n2C1. The molecule has 0 spiro atoms. The standard InChI is InChI=1S/C23H22ClFN2O3/c1-26(22(28)11-14-6-8-19(25)18(24)10-14)15-7-9-21-17(12-23(29)30)16-4-2-3-5-20(16)27(21)13-15/h2-6,8,10,15H,7,9,11-13H2,1H3,(H,29,30). The Kier molecular flexibility index (Phi) is 5.52. The van der Waals surface area contributed by atoms with Gasteiger partial charge >= 0.3 is 5.97 Å². The molecule has 1 amide bonds. The van der Waals surface area contributed by atoms with E-state index >= 15 is 0 Å². The maximum atomic E-state index is 13.4. The zero-order chi connectivity index (χ0) is 21.4. The molecule has 5 nitrogen and oxygen atoms in total. The largest absolute Gasteiger partial charge is 0.481 e. The maximum absolute atomic E-state index is 13.4. The van der Waals surface area contributed by atoms with Crippen LogP contribution in [0.3, 0.4) is 0 Å². The molecule has 0 saturated carbocycles. The molecule has 0 aliphatic carbocycles. The number of carboxylic acids is 1. The Balaban J connectivity index is 1.57. The van der Waals surface area contributed by atoms with Crippen LogP contribution >= 0.6 is 11.6 Å². The van der Waals surface area contributed by atoms with Gasteiger partial charge in [0.15, 0.2) is 0 Å². The van der Waals surface area contributed by atoms with Gasteiger partial charge in [0.25, 0.3) is 0 Å². The molecule has 0 bridgehead atoms. The molecular formula is C23H22ClFN2O3. The molecule has 0 radical (unpaired) electrons. The lowest BCUT2D eigenvalue weighted by Crippen LogP contribution is -2.43. The number of carboxylic acid groups (broad SMARTS) is 1. The molecule has 30 heavy (non-hydrogen) atoms. The van der Waals surface area contributed by atoms with Crippen LogP contribution in [-0.4, -0.2) is 39.5 Å². The highest BCUT2D eigenvalue weighted by Crippen LogP contribution is 2.32. The summed E-state index contributed by atoms with van der Waals surface area (Å²) in [5.41, 5.74) is 3.58. The quantitative estimate of drug-likeness (QED) is 0.666. The fourth-order valence-electron chi connectivity index (χ4n) is 4.34. The summed E-state index contributed by atoms with van der Waals surface area (Å²) in [5, 5.41) is 10.3. The highest BCUT2D eigenvalue weighted by atomic mass is 35.5. The topological polar surface area (TPSA) is 62.5 Å². The number of carbonyl (C=O) groups excluding carboxylic acids is 1. The number of nitrogens with zero attached hydrogens (tertiary/aromatic N) is 2. The second-order valence-electron chi connectivity index (χ2n) is 7.75. The summed E-state index contributed by atoms with van der Waals surface area (Å²) in [7, 11) is 1.78. The lowest BCUT2D eigenvalue weighted by Gasteiger charge is -2.33. The van der Waals surface area contributed by atoms with Crippen LogP contribution in [0.4, 0.5) is 4.39 Å². The first kappa shape index (κ1) is 20.4. The molecule has 156 valence electrons. The number of aromatic nitrogens is 1. The first-order chi connectivity index (χ1) is 14.3. The van der Waals surface area contributed by atoms with Crippen LogP contribution in [0.1, 0.15) is 23.2 Å². The fraction of sp³-hybridized carbons (Fsp3) is 0.304. The molecular weight excluding hydrogens is 407 g/mol. The van der Waals surface area contributed by atoms with Gasteiger partial charge in [-0.25, -0.2) is 4.39 Å². The summed E-state index contributed by atoms with van der Waals surface area (Å²) in [6.07, 6.45) is 1.61. The number of likely N-dealkylation sites (N-methyl/N-ethyl adjacent to an activating group) is 1. The van der Waals surface area contributed by atoms with Gasteiger partial charge in [-0.3, -0.25) is 9.59 Å². The van der Waals surface area contributed by atoms with E-state index in [-0.39, 0.29) is 29.8 Å². The minimum Gasteiger partial charge on any atom is -0.481 e. The molecule has 1 atom stereocenters. The number of halogens is 2. The van der Waals surface area contributed by atoms with Gasteiger partial charge in [0.05, 0.1) is 17.9 Å². The number of para-hydroxylation sites is 1. The van der Waals surface area contributed by atoms with E-state index in [0.29, 0.717) is 18.5 Å². The number of amides is 1. The Morgan fingerprint density at radius 3 is 2.73 bits per heavy atom. The Hall–Kier alpha value is -2.86. The van der Waals surface area contributed by atoms with Crippen molar-refractivity contribution in [1.29, 1.82) is 0 Å². The molecule has 1 aromatic heterocycles. The first-order valence-corrected chi connectivity index (χ1v) is 10.2. The monoisotopic (exact) mass is 428 g/mol. The number of hydrogen-bond acceptors (Lipinski definition) is 2. The number of benzene rings is 2. The van der Waals surface area contributed by atoms with Crippen LogP contribution in [0, 0.1) is 5.82 Å². The molecule has 0 fully saturated rings. The summed E-state index contributed by atoms with van der Waals surface area (Å²) < 4.78 is 15.5. The Bertz CT molecular complexity index is 1140. The van der Waals surface area contributed by atoms with Gasteiger partial charge in [-0.05, 0) is 42.2 Å². The van der Waals surface area contributed by atoms with Gasteiger partial charge in [-0.15, -0.1) is 0 Å². The number of rotatable bonds is 5. The van der Waals surface area contributed by atoms with Gasteiger partial charge < -0.3 is 14.6 Å². The van der Waals surface area contributed by atoms with E-state index in [4.69, 9.17) is 11.6 Å². The predicted octanol–water partition coefficient (Wildman–Crippen LogP) is 4.08. The minimum atomic E-state index is -0.846.